The van der Waals surface area contributed by atoms with Crippen LogP contribution in [-0.2, 0) is 11.3 Å². The molecule has 1 aromatic carbocycles. The Hall–Kier alpha value is -0.570. The maximum atomic E-state index is 5.92. The highest BCUT2D eigenvalue weighted by Gasteiger charge is 2.32. The molecule has 94 valence electrons. The molecule has 1 aliphatic heterocycles. The Balaban J connectivity index is 2.01. The van der Waals surface area contributed by atoms with Crippen LogP contribution in [-0.4, -0.2) is 35.6 Å². The molecule has 2 rings (SSSR count). The summed E-state index contributed by atoms with van der Waals surface area (Å²) in [6, 6.07) is 10.5. The first kappa shape index (κ1) is 12.9. The van der Waals surface area contributed by atoms with E-state index in [4.69, 9.17) is 16.3 Å². The number of alkyl halides is 1. The number of ether oxygens (including phenoxy) is 1. The van der Waals surface area contributed by atoms with Crippen LogP contribution in [0.15, 0.2) is 30.3 Å². The molecule has 1 aromatic rings. The largest absolute Gasteiger partial charge is 0.368 e. The van der Waals surface area contributed by atoms with Crippen LogP contribution in [0.1, 0.15) is 19.4 Å². The van der Waals surface area contributed by atoms with Crippen molar-refractivity contribution >= 4 is 11.6 Å². The van der Waals surface area contributed by atoms with E-state index < -0.39 is 0 Å². The molecule has 0 unspecified atom stereocenters. The number of hydrogen-bond donors (Lipinski definition) is 0. The van der Waals surface area contributed by atoms with Crippen molar-refractivity contribution < 1.29 is 4.74 Å². The Bertz CT molecular complexity index is 352. The van der Waals surface area contributed by atoms with Crippen molar-refractivity contribution in [1.82, 2.24) is 4.90 Å². The molecule has 2 nitrogen and oxygen atoms in total. The van der Waals surface area contributed by atoms with Gasteiger partial charge in [0.1, 0.15) is 0 Å². The molecule has 1 aliphatic rings. The number of nitrogens with zero attached hydrogens (tertiary/aromatic N) is 1. The second-order valence-corrected chi connectivity index (χ2v) is 5.62. The number of rotatable bonds is 3. The third kappa shape index (κ3) is 3.70. The van der Waals surface area contributed by atoms with E-state index in [1.165, 1.54) is 5.56 Å². The highest BCUT2D eigenvalue weighted by Crippen LogP contribution is 2.23. The molecule has 1 saturated heterocycles. The summed E-state index contributed by atoms with van der Waals surface area (Å²) < 4.78 is 5.92. The summed E-state index contributed by atoms with van der Waals surface area (Å²) in [6.07, 6.45) is 0.143. The second kappa shape index (κ2) is 5.38. The Morgan fingerprint density at radius 1 is 1.35 bits per heavy atom. The van der Waals surface area contributed by atoms with Gasteiger partial charge < -0.3 is 4.74 Å². The molecule has 1 atom stereocenters. The SMILES string of the molecule is CC1(C)CN(Cc2ccccc2)C[C@H](CCl)O1. The smallest absolute Gasteiger partial charge is 0.0845 e. The first-order valence-electron chi connectivity index (χ1n) is 6.09. The predicted molar refractivity (Wildman–Crippen MR) is 71.4 cm³/mol. The third-order valence-electron chi connectivity index (χ3n) is 2.97. The van der Waals surface area contributed by atoms with Crippen molar-refractivity contribution in [1.29, 1.82) is 0 Å². The van der Waals surface area contributed by atoms with Gasteiger partial charge in [-0.15, -0.1) is 11.6 Å². The highest BCUT2D eigenvalue weighted by molar-refractivity contribution is 6.18. The lowest BCUT2D eigenvalue weighted by Gasteiger charge is -2.42. The topological polar surface area (TPSA) is 12.5 Å². The van der Waals surface area contributed by atoms with Gasteiger partial charge in [0.25, 0.3) is 0 Å². The first-order chi connectivity index (χ1) is 8.09. The Kier molecular flexibility index (Phi) is 4.08. The zero-order valence-electron chi connectivity index (χ0n) is 10.5. The molecular formula is C14H20ClNO. The zero-order chi connectivity index (χ0) is 12.3. The maximum absolute atomic E-state index is 5.92. The van der Waals surface area contributed by atoms with E-state index in [1.54, 1.807) is 0 Å². The minimum atomic E-state index is -0.105. The Labute approximate surface area is 109 Å². The Morgan fingerprint density at radius 2 is 2.06 bits per heavy atom. The van der Waals surface area contributed by atoms with Gasteiger partial charge in [0.2, 0.25) is 0 Å². The van der Waals surface area contributed by atoms with E-state index in [0.717, 1.165) is 19.6 Å². The van der Waals surface area contributed by atoms with E-state index in [2.05, 4.69) is 43.0 Å². The summed E-state index contributed by atoms with van der Waals surface area (Å²) in [5.41, 5.74) is 1.24. The van der Waals surface area contributed by atoms with Crippen molar-refractivity contribution in [2.24, 2.45) is 0 Å². The van der Waals surface area contributed by atoms with Crippen molar-refractivity contribution in [3.8, 4) is 0 Å². The van der Waals surface area contributed by atoms with Gasteiger partial charge in [-0.2, -0.15) is 0 Å². The lowest BCUT2D eigenvalue weighted by molar-refractivity contribution is -0.129. The van der Waals surface area contributed by atoms with E-state index in [-0.39, 0.29) is 11.7 Å². The standard InChI is InChI=1S/C14H20ClNO/c1-14(2)11-16(10-13(8-15)17-14)9-12-6-4-3-5-7-12/h3-7,13H,8-11H2,1-2H3/t13-/m0/s1. The fourth-order valence-electron chi connectivity index (χ4n) is 2.46. The van der Waals surface area contributed by atoms with Crippen LogP contribution in [0.5, 0.6) is 0 Å². The molecule has 0 saturated carbocycles. The molecule has 3 heteroatoms. The van der Waals surface area contributed by atoms with Crippen LogP contribution in [0.4, 0.5) is 0 Å². The van der Waals surface area contributed by atoms with Gasteiger partial charge in [-0.05, 0) is 19.4 Å². The molecule has 0 amide bonds. The normalized spacial score (nSPS) is 24.8. The number of hydrogen-bond acceptors (Lipinski definition) is 2. The lowest BCUT2D eigenvalue weighted by Crippen LogP contribution is -2.52. The van der Waals surface area contributed by atoms with Gasteiger partial charge in [-0.1, -0.05) is 30.3 Å². The maximum Gasteiger partial charge on any atom is 0.0845 e. The molecule has 17 heavy (non-hydrogen) atoms. The molecule has 1 heterocycles. The van der Waals surface area contributed by atoms with Gasteiger partial charge >= 0.3 is 0 Å². The molecule has 0 aromatic heterocycles. The highest BCUT2D eigenvalue weighted by atomic mass is 35.5. The monoisotopic (exact) mass is 253 g/mol. The molecule has 0 radical (unpaired) electrons. The number of morpholine rings is 1. The van der Waals surface area contributed by atoms with Gasteiger partial charge in [0.15, 0.2) is 0 Å². The van der Waals surface area contributed by atoms with Crippen molar-refractivity contribution in [3.05, 3.63) is 35.9 Å². The van der Waals surface area contributed by atoms with E-state index >= 15 is 0 Å². The van der Waals surface area contributed by atoms with Crippen LogP contribution in [0.3, 0.4) is 0 Å². The van der Waals surface area contributed by atoms with Crippen LogP contribution in [0, 0.1) is 0 Å². The van der Waals surface area contributed by atoms with Crippen LogP contribution < -0.4 is 0 Å². The summed E-state index contributed by atoms with van der Waals surface area (Å²) in [4.78, 5) is 2.42. The van der Waals surface area contributed by atoms with Gasteiger partial charge in [-0.3, -0.25) is 4.90 Å². The van der Waals surface area contributed by atoms with Crippen LogP contribution in [0.25, 0.3) is 0 Å². The van der Waals surface area contributed by atoms with Gasteiger partial charge in [0.05, 0.1) is 11.7 Å². The lowest BCUT2D eigenvalue weighted by atomic mass is 10.0. The summed E-state index contributed by atoms with van der Waals surface area (Å²) in [6.45, 7) is 7.10. The fraction of sp³-hybridized carbons (Fsp3) is 0.571. The van der Waals surface area contributed by atoms with E-state index in [1.807, 2.05) is 6.07 Å². The molecule has 0 N–H and O–H groups in total. The number of benzene rings is 1. The summed E-state index contributed by atoms with van der Waals surface area (Å²) in [7, 11) is 0. The average Bonchev–Trinajstić information content (AvgIpc) is 2.28. The van der Waals surface area contributed by atoms with E-state index in [0.29, 0.717) is 5.88 Å². The summed E-state index contributed by atoms with van der Waals surface area (Å²) in [5, 5.41) is 0. The first-order valence-corrected chi connectivity index (χ1v) is 6.62. The molecule has 0 bridgehead atoms. The van der Waals surface area contributed by atoms with E-state index in [9.17, 15) is 0 Å². The van der Waals surface area contributed by atoms with Crippen molar-refractivity contribution in [3.63, 3.8) is 0 Å². The number of halogens is 1. The minimum Gasteiger partial charge on any atom is -0.368 e. The van der Waals surface area contributed by atoms with Crippen LogP contribution >= 0.6 is 11.6 Å². The fourth-order valence-corrected chi connectivity index (χ4v) is 2.62. The predicted octanol–water partition coefficient (Wildman–Crippen LogP) is 2.90. The van der Waals surface area contributed by atoms with Crippen molar-refractivity contribution in [2.75, 3.05) is 19.0 Å². The Morgan fingerprint density at radius 3 is 2.71 bits per heavy atom. The van der Waals surface area contributed by atoms with Gasteiger partial charge in [-0.25, -0.2) is 0 Å². The van der Waals surface area contributed by atoms with Crippen LogP contribution in [0.2, 0.25) is 0 Å². The third-order valence-corrected chi connectivity index (χ3v) is 3.32. The van der Waals surface area contributed by atoms with Crippen molar-refractivity contribution in [2.45, 2.75) is 32.1 Å². The van der Waals surface area contributed by atoms with Gasteiger partial charge in [0, 0.05) is 25.5 Å². The molecule has 0 spiro atoms. The minimum absolute atomic E-state index is 0.105. The second-order valence-electron chi connectivity index (χ2n) is 5.31. The summed E-state index contributed by atoms with van der Waals surface area (Å²) in [5.74, 6) is 0.564. The summed E-state index contributed by atoms with van der Waals surface area (Å²) >= 11 is 5.92. The molecule has 1 fully saturated rings. The zero-order valence-corrected chi connectivity index (χ0v) is 11.3. The quantitative estimate of drug-likeness (QED) is 0.768. The average molecular weight is 254 g/mol. The molecule has 0 aliphatic carbocycles. The molecular weight excluding hydrogens is 234 g/mol.